The second-order valence-electron chi connectivity index (χ2n) is 15.5. The first-order chi connectivity index (χ1) is 28.8. The fourth-order valence-corrected chi connectivity index (χ4v) is 10.2. The molecule has 0 amide bonds. The number of hydrogen-bond acceptors (Lipinski definition) is 3. The van der Waals surface area contributed by atoms with Gasteiger partial charge in [0.05, 0.1) is 16.8 Å². The van der Waals surface area contributed by atoms with Crippen LogP contribution in [0, 0.1) is 5.92 Å². The minimum Gasteiger partial charge on any atom is -0.449 e. The van der Waals surface area contributed by atoms with Gasteiger partial charge in [0, 0.05) is 34.7 Å². The Morgan fingerprint density at radius 2 is 1.07 bits per heavy atom. The first-order valence-electron chi connectivity index (χ1n) is 20.1. The van der Waals surface area contributed by atoms with Crippen molar-refractivity contribution >= 4 is 17.1 Å². The van der Waals surface area contributed by atoms with Crippen LogP contribution in [0.2, 0.25) is 0 Å². The summed E-state index contributed by atoms with van der Waals surface area (Å²) in [6, 6.07) is 67.2. The summed E-state index contributed by atoms with van der Waals surface area (Å²) in [6.45, 7) is 0. The first-order valence-corrected chi connectivity index (χ1v) is 20.1. The van der Waals surface area contributed by atoms with Gasteiger partial charge in [-0.3, -0.25) is 0 Å². The number of para-hydroxylation sites is 1. The van der Waals surface area contributed by atoms with Gasteiger partial charge < -0.3 is 14.4 Å². The summed E-state index contributed by atoms with van der Waals surface area (Å²) >= 11 is 0. The van der Waals surface area contributed by atoms with Gasteiger partial charge in [0.15, 0.2) is 23.0 Å². The molecule has 0 saturated carbocycles. The quantitative estimate of drug-likeness (QED) is 0.175. The molecule has 0 fully saturated rings. The number of hydrogen-bond donors (Lipinski definition) is 0. The molecule has 8 aromatic carbocycles. The molecule has 4 aliphatic rings. The van der Waals surface area contributed by atoms with Crippen LogP contribution in [0.4, 0.5) is 17.1 Å². The van der Waals surface area contributed by atoms with Gasteiger partial charge >= 0.3 is 0 Å². The molecule has 0 radical (unpaired) electrons. The Labute approximate surface area is 338 Å². The summed E-state index contributed by atoms with van der Waals surface area (Å²) in [5, 5.41) is 0. The van der Waals surface area contributed by atoms with Crippen molar-refractivity contribution in [1.29, 1.82) is 0 Å². The summed E-state index contributed by atoms with van der Waals surface area (Å²) in [4.78, 5) is 2.32. The highest BCUT2D eigenvalue weighted by Gasteiger charge is 2.59. The summed E-state index contributed by atoms with van der Waals surface area (Å²) < 4.78 is 14.2. The highest BCUT2D eigenvalue weighted by molar-refractivity contribution is 5.92. The lowest BCUT2D eigenvalue weighted by atomic mass is 9.65. The maximum absolute atomic E-state index is 7.16. The Bertz CT molecular complexity index is 2920. The lowest BCUT2D eigenvalue weighted by Gasteiger charge is -2.37. The van der Waals surface area contributed by atoms with Crippen LogP contribution >= 0.6 is 0 Å². The third kappa shape index (κ3) is 4.74. The van der Waals surface area contributed by atoms with Crippen LogP contribution in [-0.4, -0.2) is 0 Å². The molecule has 1 spiro atoms. The summed E-state index contributed by atoms with van der Waals surface area (Å²) in [6.07, 6.45) is 9.19. The zero-order chi connectivity index (χ0) is 38.2. The molecule has 2 atom stereocenters. The summed E-state index contributed by atoms with van der Waals surface area (Å²) in [5.74, 6) is 3.34. The highest BCUT2D eigenvalue weighted by Crippen LogP contribution is 2.69. The van der Waals surface area contributed by atoms with E-state index in [1.54, 1.807) is 0 Å². The van der Waals surface area contributed by atoms with Crippen molar-refractivity contribution in [3.63, 3.8) is 0 Å². The van der Waals surface area contributed by atoms with Crippen molar-refractivity contribution < 1.29 is 9.47 Å². The molecule has 8 aromatic rings. The van der Waals surface area contributed by atoms with Crippen LogP contribution in [0.1, 0.15) is 28.2 Å². The van der Waals surface area contributed by atoms with E-state index < -0.39 is 5.41 Å². The van der Waals surface area contributed by atoms with Gasteiger partial charge in [-0.25, -0.2) is 0 Å². The second-order valence-corrected chi connectivity index (χ2v) is 15.5. The topological polar surface area (TPSA) is 21.7 Å². The van der Waals surface area contributed by atoms with Crippen molar-refractivity contribution in [2.24, 2.45) is 5.92 Å². The smallest absolute Gasteiger partial charge is 0.174 e. The Kier molecular flexibility index (Phi) is 7.27. The lowest BCUT2D eigenvalue weighted by molar-refractivity contribution is 0.350. The zero-order valence-electron chi connectivity index (χ0n) is 31.6. The van der Waals surface area contributed by atoms with Crippen LogP contribution in [0.3, 0.4) is 0 Å². The Hall–Kier alpha value is -7.36. The monoisotopic (exact) mass is 743 g/mol. The minimum absolute atomic E-state index is 0.197. The van der Waals surface area contributed by atoms with E-state index in [0.29, 0.717) is 11.5 Å². The van der Waals surface area contributed by atoms with Crippen molar-refractivity contribution in [3.05, 3.63) is 235 Å². The highest BCUT2D eigenvalue weighted by atomic mass is 16.6. The molecule has 3 heteroatoms. The van der Waals surface area contributed by atoms with E-state index in [-0.39, 0.29) is 11.8 Å². The van der Waals surface area contributed by atoms with E-state index >= 15 is 0 Å². The Morgan fingerprint density at radius 3 is 1.81 bits per heavy atom. The van der Waals surface area contributed by atoms with Gasteiger partial charge in [0.1, 0.15) is 0 Å². The van der Waals surface area contributed by atoms with E-state index in [1.807, 2.05) is 0 Å². The average Bonchev–Trinajstić information content (AvgIpc) is 3.77. The van der Waals surface area contributed by atoms with Gasteiger partial charge in [-0.1, -0.05) is 164 Å². The van der Waals surface area contributed by atoms with Gasteiger partial charge in [0.2, 0.25) is 0 Å². The molecule has 0 bridgehead atoms. The third-order valence-electron chi connectivity index (χ3n) is 12.6. The fraction of sp³-hybridized carbons (Fsp3) is 0.0545. The second kappa shape index (κ2) is 12.8. The maximum atomic E-state index is 7.16. The largest absolute Gasteiger partial charge is 0.449 e. The standard InChI is InChI=1S/C55H37NO2/c1-4-16-36(17-5-1)38-28-31-49(45(34-38)37-18-6-2-7-19-37)56(39-20-8-3-9-21-39)40-29-32-50-52(35-40)57-51-33-30-44-43-24-12-15-27-48(43)55(53(44)54(51)58-50)46-25-13-10-22-41(46)42-23-11-14-26-47(42)55/h1-35,43,48H. The molecule has 1 heterocycles. The van der Waals surface area contributed by atoms with Crippen LogP contribution in [-0.2, 0) is 5.41 Å². The molecule has 12 rings (SSSR count). The van der Waals surface area contributed by atoms with Crippen LogP contribution < -0.4 is 14.4 Å². The van der Waals surface area contributed by atoms with Crippen molar-refractivity contribution in [1.82, 2.24) is 0 Å². The molecule has 0 aromatic heterocycles. The van der Waals surface area contributed by atoms with Crippen LogP contribution in [0.15, 0.2) is 212 Å². The van der Waals surface area contributed by atoms with Crippen molar-refractivity contribution in [2.75, 3.05) is 4.90 Å². The predicted octanol–water partition coefficient (Wildman–Crippen LogP) is 14.5. The third-order valence-corrected chi connectivity index (χ3v) is 12.6. The summed E-state index contributed by atoms with van der Waals surface area (Å²) in [7, 11) is 0. The SMILES string of the molecule is C1=CC2c3ccc4c(c3C3(c5ccccc5-c5ccccc53)C2C=C1)Oc1ccc(N(c2ccccc2)c2ccc(-c3ccccc3)cc2-c2ccccc2)cc1O4. The minimum atomic E-state index is -0.426. The maximum Gasteiger partial charge on any atom is 0.174 e. The van der Waals surface area contributed by atoms with Gasteiger partial charge in [0.25, 0.3) is 0 Å². The number of fused-ring (bicyclic) bond motifs is 13. The van der Waals surface area contributed by atoms with E-state index in [1.165, 1.54) is 44.5 Å². The molecular weight excluding hydrogens is 707 g/mol. The molecule has 3 aliphatic carbocycles. The van der Waals surface area contributed by atoms with Crippen LogP contribution in [0.25, 0.3) is 33.4 Å². The number of ether oxygens (including phenoxy) is 2. The van der Waals surface area contributed by atoms with Crippen LogP contribution in [0.5, 0.6) is 23.0 Å². The predicted molar refractivity (Wildman–Crippen MR) is 235 cm³/mol. The fourth-order valence-electron chi connectivity index (χ4n) is 10.2. The Balaban J connectivity index is 1.01. The lowest BCUT2D eigenvalue weighted by Crippen LogP contribution is -2.33. The van der Waals surface area contributed by atoms with E-state index in [4.69, 9.17) is 9.47 Å². The number of allylic oxidation sites excluding steroid dienone is 4. The van der Waals surface area contributed by atoms with E-state index in [0.717, 1.165) is 39.7 Å². The summed E-state index contributed by atoms with van der Waals surface area (Å²) in [5.41, 5.74) is 15.0. The molecule has 274 valence electrons. The van der Waals surface area contributed by atoms with Gasteiger partial charge in [-0.15, -0.1) is 0 Å². The molecular formula is C55H37NO2. The zero-order valence-corrected chi connectivity index (χ0v) is 31.6. The Morgan fingerprint density at radius 1 is 0.431 bits per heavy atom. The normalized spacial score (nSPS) is 16.9. The number of anilines is 3. The molecule has 0 N–H and O–H groups in total. The van der Waals surface area contributed by atoms with E-state index in [9.17, 15) is 0 Å². The first kappa shape index (κ1) is 32.8. The molecule has 1 aliphatic heterocycles. The molecule has 2 unspecified atom stereocenters. The number of benzene rings is 8. The molecule has 58 heavy (non-hydrogen) atoms. The number of rotatable bonds is 5. The van der Waals surface area contributed by atoms with Gasteiger partial charge in [-0.05, 0) is 87.0 Å². The van der Waals surface area contributed by atoms with E-state index in [2.05, 4.69) is 217 Å². The van der Waals surface area contributed by atoms with Gasteiger partial charge in [-0.2, -0.15) is 0 Å². The average molecular weight is 744 g/mol. The van der Waals surface area contributed by atoms with Crippen molar-refractivity contribution in [2.45, 2.75) is 11.3 Å². The molecule has 3 nitrogen and oxygen atoms in total. The number of nitrogens with zero attached hydrogens (tertiary/aromatic N) is 1. The molecule has 0 saturated heterocycles. The van der Waals surface area contributed by atoms with Crippen molar-refractivity contribution in [3.8, 4) is 56.4 Å².